The summed E-state index contributed by atoms with van der Waals surface area (Å²) in [6, 6.07) is 5.02. The predicted octanol–water partition coefficient (Wildman–Crippen LogP) is 3.16. The van der Waals surface area contributed by atoms with Crippen molar-refractivity contribution in [3.63, 3.8) is 0 Å². The third-order valence-electron chi connectivity index (χ3n) is 5.39. The summed E-state index contributed by atoms with van der Waals surface area (Å²) in [5.41, 5.74) is 1.47. The van der Waals surface area contributed by atoms with Crippen LogP contribution in [-0.2, 0) is 0 Å². The Morgan fingerprint density at radius 1 is 1.13 bits per heavy atom. The Morgan fingerprint density at radius 3 is 2.74 bits per heavy atom. The van der Waals surface area contributed by atoms with Crippen molar-refractivity contribution in [1.82, 2.24) is 14.8 Å². The lowest BCUT2D eigenvalue weighted by atomic mass is 9.94. The van der Waals surface area contributed by atoms with Crippen LogP contribution in [0.25, 0.3) is 0 Å². The summed E-state index contributed by atoms with van der Waals surface area (Å²) < 4.78 is 0. The first-order valence-electron chi connectivity index (χ1n) is 9.42. The Balaban J connectivity index is 1.80. The van der Waals surface area contributed by atoms with E-state index in [4.69, 9.17) is 4.98 Å². The zero-order valence-corrected chi connectivity index (χ0v) is 14.9. The fourth-order valence-corrected chi connectivity index (χ4v) is 3.92. The molecule has 1 unspecified atom stereocenters. The van der Waals surface area contributed by atoms with Crippen molar-refractivity contribution in [3.05, 3.63) is 23.9 Å². The van der Waals surface area contributed by atoms with Gasteiger partial charge in [-0.25, -0.2) is 4.98 Å². The molecule has 2 saturated heterocycles. The van der Waals surface area contributed by atoms with Gasteiger partial charge in [0.2, 0.25) is 0 Å². The van der Waals surface area contributed by atoms with E-state index in [2.05, 4.69) is 40.8 Å². The van der Waals surface area contributed by atoms with E-state index in [1.807, 2.05) is 6.20 Å². The van der Waals surface area contributed by atoms with Crippen LogP contribution in [0.3, 0.4) is 0 Å². The molecule has 4 nitrogen and oxygen atoms in total. The Labute approximate surface area is 141 Å². The van der Waals surface area contributed by atoms with Crippen molar-refractivity contribution >= 4 is 5.82 Å². The fourth-order valence-electron chi connectivity index (χ4n) is 3.92. The standard InChI is InChI=1S/C19H32N4/c1-3-4-11-22-12-6-5-9-18(22)17-8-7-10-20-19(17)23-15-13-21(2)14-16-23/h7-8,10,18H,3-6,9,11-16H2,1-2H3. The highest BCUT2D eigenvalue weighted by atomic mass is 15.3. The number of piperidine rings is 1. The molecule has 0 aromatic carbocycles. The molecule has 3 rings (SSSR count). The molecule has 1 atom stereocenters. The average Bonchev–Trinajstić information content (AvgIpc) is 2.61. The maximum Gasteiger partial charge on any atom is 0.133 e. The number of likely N-dealkylation sites (tertiary alicyclic amines) is 1. The van der Waals surface area contributed by atoms with Gasteiger partial charge >= 0.3 is 0 Å². The number of likely N-dealkylation sites (N-methyl/N-ethyl adjacent to an activating group) is 1. The molecule has 0 saturated carbocycles. The number of hydrogen-bond acceptors (Lipinski definition) is 4. The molecule has 128 valence electrons. The van der Waals surface area contributed by atoms with E-state index in [0.717, 1.165) is 26.2 Å². The van der Waals surface area contributed by atoms with E-state index in [-0.39, 0.29) is 0 Å². The van der Waals surface area contributed by atoms with Crippen LogP contribution in [0.2, 0.25) is 0 Å². The molecule has 1 aromatic heterocycles. The molecule has 0 amide bonds. The first-order chi connectivity index (χ1) is 11.3. The Hall–Kier alpha value is -1.13. The number of unbranched alkanes of at least 4 members (excludes halogenated alkanes) is 1. The summed E-state index contributed by atoms with van der Waals surface area (Å²) in [7, 11) is 2.21. The number of hydrogen-bond donors (Lipinski definition) is 0. The van der Waals surface area contributed by atoms with E-state index in [1.165, 1.54) is 56.6 Å². The second-order valence-corrected chi connectivity index (χ2v) is 7.11. The number of aromatic nitrogens is 1. The molecule has 1 aromatic rings. The summed E-state index contributed by atoms with van der Waals surface area (Å²) in [6.07, 6.45) is 8.55. The largest absolute Gasteiger partial charge is 0.354 e. The van der Waals surface area contributed by atoms with Crippen molar-refractivity contribution in [2.24, 2.45) is 0 Å². The molecule has 0 N–H and O–H groups in total. The zero-order valence-electron chi connectivity index (χ0n) is 14.9. The van der Waals surface area contributed by atoms with Crippen molar-refractivity contribution in [2.45, 2.75) is 45.1 Å². The number of rotatable bonds is 5. The highest BCUT2D eigenvalue weighted by Crippen LogP contribution is 2.35. The minimum Gasteiger partial charge on any atom is -0.354 e. The SMILES string of the molecule is CCCCN1CCCCC1c1cccnc1N1CCN(C)CC1. The highest BCUT2D eigenvalue weighted by Gasteiger charge is 2.28. The van der Waals surface area contributed by atoms with Gasteiger partial charge < -0.3 is 9.80 Å². The Kier molecular flexibility index (Phi) is 5.90. The van der Waals surface area contributed by atoms with E-state index >= 15 is 0 Å². The van der Waals surface area contributed by atoms with E-state index in [9.17, 15) is 0 Å². The highest BCUT2D eigenvalue weighted by molar-refractivity contribution is 5.49. The van der Waals surface area contributed by atoms with E-state index < -0.39 is 0 Å². The van der Waals surface area contributed by atoms with Gasteiger partial charge in [-0.3, -0.25) is 4.90 Å². The van der Waals surface area contributed by atoms with Gasteiger partial charge in [-0.15, -0.1) is 0 Å². The zero-order chi connectivity index (χ0) is 16.1. The molecule has 2 aliphatic heterocycles. The van der Waals surface area contributed by atoms with Gasteiger partial charge in [-0.05, 0) is 45.5 Å². The van der Waals surface area contributed by atoms with E-state index in [0.29, 0.717) is 6.04 Å². The average molecular weight is 316 g/mol. The lowest BCUT2D eigenvalue weighted by molar-refractivity contribution is 0.146. The molecule has 0 spiro atoms. The Morgan fingerprint density at radius 2 is 1.96 bits per heavy atom. The van der Waals surface area contributed by atoms with Gasteiger partial charge in [0, 0.05) is 44.0 Å². The van der Waals surface area contributed by atoms with Gasteiger partial charge in [0.05, 0.1) is 0 Å². The first kappa shape index (κ1) is 16.7. The molecule has 0 radical (unpaired) electrons. The summed E-state index contributed by atoms with van der Waals surface area (Å²) in [6.45, 7) is 9.25. The summed E-state index contributed by atoms with van der Waals surface area (Å²) in [4.78, 5) is 12.4. The number of pyridine rings is 1. The molecule has 3 heterocycles. The molecule has 2 fully saturated rings. The van der Waals surface area contributed by atoms with Gasteiger partial charge in [-0.2, -0.15) is 0 Å². The van der Waals surface area contributed by atoms with Crippen molar-refractivity contribution in [1.29, 1.82) is 0 Å². The number of anilines is 1. The van der Waals surface area contributed by atoms with Crippen LogP contribution in [0.5, 0.6) is 0 Å². The minimum absolute atomic E-state index is 0.568. The van der Waals surface area contributed by atoms with Gasteiger partial charge in [0.25, 0.3) is 0 Å². The van der Waals surface area contributed by atoms with Gasteiger partial charge in [-0.1, -0.05) is 25.8 Å². The van der Waals surface area contributed by atoms with Crippen LogP contribution in [0.1, 0.15) is 50.6 Å². The van der Waals surface area contributed by atoms with Crippen LogP contribution in [0, 0.1) is 0 Å². The molecule has 23 heavy (non-hydrogen) atoms. The second kappa shape index (κ2) is 8.11. The van der Waals surface area contributed by atoms with E-state index in [1.54, 1.807) is 0 Å². The van der Waals surface area contributed by atoms with Gasteiger partial charge in [0.15, 0.2) is 0 Å². The number of nitrogens with zero attached hydrogens (tertiary/aromatic N) is 4. The lowest BCUT2D eigenvalue weighted by Crippen LogP contribution is -2.45. The monoisotopic (exact) mass is 316 g/mol. The Bertz CT molecular complexity index is 482. The maximum absolute atomic E-state index is 4.80. The van der Waals surface area contributed by atoms with Crippen LogP contribution in [-0.4, -0.2) is 61.1 Å². The topological polar surface area (TPSA) is 22.6 Å². The molecular weight excluding hydrogens is 284 g/mol. The lowest BCUT2D eigenvalue weighted by Gasteiger charge is -2.39. The summed E-state index contributed by atoms with van der Waals surface area (Å²) >= 11 is 0. The smallest absolute Gasteiger partial charge is 0.133 e. The van der Waals surface area contributed by atoms with Crippen LogP contribution in [0.4, 0.5) is 5.82 Å². The fraction of sp³-hybridized carbons (Fsp3) is 0.737. The van der Waals surface area contributed by atoms with Crippen LogP contribution < -0.4 is 4.90 Å². The summed E-state index contributed by atoms with van der Waals surface area (Å²) in [5.74, 6) is 1.24. The maximum atomic E-state index is 4.80. The first-order valence-corrected chi connectivity index (χ1v) is 9.42. The van der Waals surface area contributed by atoms with Crippen LogP contribution in [0.15, 0.2) is 18.3 Å². The van der Waals surface area contributed by atoms with Crippen LogP contribution >= 0.6 is 0 Å². The van der Waals surface area contributed by atoms with Crippen molar-refractivity contribution in [3.8, 4) is 0 Å². The van der Waals surface area contributed by atoms with Crippen molar-refractivity contribution < 1.29 is 0 Å². The normalized spacial score (nSPS) is 24.1. The molecule has 0 aliphatic carbocycles. The molecule has 0 bridgehead atoms. The third kappa shape index (κ3) is 4.04. The molecule has 4 heteroatoms. The molecule has 2 aliphatic rings. The van der Waals surface area contributed by atoms with Gasteiger partial charge in [0.1, 0.15) is 5.82 Å². The predicted molar refractivity (Wildman–Crippen MR) is 97.0 cm³/mol. The number of piperazine rings is 1. The van der Waals surface area contributed by atoms with Crippen molar-refractivity contribution in [2.75, 3.05) is 51.2 Å². The quantitative estimate of drug-likeness (QED) is 0.832. The minimum atomic E-state index is 0.568. The molecular formula is C19H32N4. The third-order valence-corrected chi connectivity index (χ3v) is 5.39. The summed E-state index contributed by atoms with van der Waals surface area (Å²) in [5, 5.41) is 0. The second-order valence-electron chi connectivity index (χ2n) is 7.11.